The zero-order valence-corrected chi connectivity index (χ0v) is 12.7. The maximum absolute atomic E-state index is 12.5. The molecule has 2 amide bonds. The molecule has 3 saturated heterocycles. The number of carboxylic acids is 1. The van der Waals surface area contributed by atoms with E-state index in [0.29, 0.717) is 36.9 Å². The predicted octanol–water partition coefficient (Wildman–Crippen LogP) is 1.45. The normalized spacial score (nSPS) is 43.2. The van der Waals surface area contributed by atoms with Crippen LogP contribution in [-0.4, -0.2) is 53.3 Å². The Morgan fingerprint density at radius 1 is 0.955 bits per heavy atom. The Balaban J connectivity index is 1.28. The average Bonchev–Trinajstić information content (AvgIpc) is 3.20. The zero-order chi connectivity index (χ0) is 15.3. The average molecular weight is 308 g/mol. The summed E-state index contributed by atoms with van der Waals surface area (Å²) >= 11 is 0. The number of likely N-dealkylation sites (tertiary alicyclic amines) is 1. The SMILES string of the molecule is O=C(O)C1CCC(NC(=O)N2CC3C4CCC(O4)C3C2)CC1. The summed E-state index contributed by atoms with van der Waals surface area (Å²) in [5.41, 5.74) is 0. The molecule has 4 atom stereocenters. The van der Waals surface area contributed by atoms with E-state index in [4.69, 9.17) is 9.84 Å². The second-order valence-corrected chi connectivity index (χ2v) is 7.36. The number of hydrogen-bond acceptors (Lipinski definition) is 3. The molecule has 1 aliphatic carbocycles. The molecule has 22 heavy (non-hydrogen) atoms. The molecule has 0 spiro atoms. The van der Waals surface area contributed by atoms with E-state index in [2.05, 4.69) is 5.32 Å². The highest BCUT2D eigenvalue weighted by atomic mass is 16.5. The summed E-state index contributed by atoms with van der Waals surface area (Å²) in [6.07, 6.45) is 5.95. The van der Waals surface area contributed by atoms with Gasteiger partial charge in [0, 0.05) is 31.0 Å². The highest BCUT2D eigenvalue weighted by molar-refractivity contribution is 5.75. The monoisotopic (exact) mass is 308 g/mol. The highest BCUT2D eigenvalue weighted by Gasteiger charge is 2.53. The molecule has 6 nitrogen and oxygen atoms in total. The molecule has 3 aliphatic heterocycles. The molecular weight excluding hydrogens is 284 g/mol. The van der Waals surface area contributed by atoms with E-state index in [1.807, 2.05) is 4.90 Å². The van der Waals surface area contributed by atoms with Crippen molar-refractivity contribution in [3.63, 3.8) is 0 Å². The fourth-order valence-electron chi connectivity index (χ4n) is 4.88. The van der Waals surface area contributed by atoms with Crippen LogP contribution >= 0.6 is 0 Å². The Hall–Kier alpha value is -1.30. The van der Waals surface area contributed by atoms with Crippen LogP contribution in [0.2, 0.25) is 0 Å². The maximum atomic E-state index is 12.5. The third-order valence-electron chi connectivity index (χ3n) is 6.14. The molecular formula is C16H24N2O4. The van der Waals surface area contributed by atoms with Gasteiger partial charge in [0.15, 0.2) is 0 Å². The van der Waals surface area contributed by atoms with Crippen molar-refractivity contribution in [2.75, 3.05) is 13.1 Å². The number of nitrogens with zero attached hydrogens (tertiary/aromatic N) is 1. The van der Waals surface area contributed by atoms with E-state index >= 15 is 0 Å². The van der Waals surface area contributed by atoms with Gasteiger partial charge in [0.05, 0.1) is 18.1 Å². The number of ether oxygens (including phenoxy) is 1. The molecule has 1 saturated carbocycles. The summed E-state index contributed by atoms with van der Waals surface area (Å²) in [6, 6.07) is 0.170. The molecule has 6 heteroatoms. The minimum Gasteiger partial charge on any atom is -0.481 e. The molecule has 4 fully saturated rings. The number of nitrogens with one attached hydrogen (secondary N) is 1. The van der Waals surface area contributed by atoms with Crippen molar-refractivity contribution in [2.45, 2.75) is 56.8 Å². The second-order valence-electron chi connectivity index (χ2n) is 7.36. The van der Waals surface area contributed by atoms with Gasteiger partial charge in [-0.15, -0.1) is 0 Å². The summed E-state index contributed by atoms with van der Waals surface area (Å²) in [5.74, 6) is 0.138. The predicted molar refractivity (Wildman–Crippen MR) is 78.4 cm³/mol. The number of carbonyl (C=O) groups is 2. The Kier molecular flexibility index (Phi) is 3.51. The molecule has 2 N–H and O–H groups in total. The summed E-state index contributed by atoms with van der Waals surface area (Å²) < 4.78 is 5.94. The number of urea groups is 1. The van der Waals surface area contributed by atoms with Crippen molar-refractivity contribution >= 4 is 12.0 Å². The van der Waals surface area contributed by atoms with Crippen molar-refractivity contribution in [1.29, 1.82) is 0 Å². The Morgan fingerprint density at radius 3 is 2.09 bits per heavy atom. The summed E-state index contributed by atoms with van der Waals surface area (Å²) in [6.45, 7) is 1.64. The molecule has 4 aliphatic rings. The van der Waals surface area contributed by atoms with Crippen LogP contribution in [0.1, 0.15) is 38.5 Å². The fourth-order valence-corrected chi connectivity index (χ4v) is 4.88. The van der Waals surface area contributed by atoms with Gasteiger partial charge in [0.1, 0.15) is 0 Å². The van der Waals surface area contributed by atoms with Crippen LogP contribution in [0.5, 0.6) is 0 Å². The Labute approximate surface area is 130 Å². The van der Waals surface area contributed by atoms with E-state index in [0.717, 1.165) is 38.8 Å². The first-order valence-electron chi connectivity index (χ1n) is 8.55. The summed E-state index contributed by atoms with van der Waals surface area (Å²) in [4.78, 5) is 25.4. The molecule has 0 aromatic heterocycles. The van der Waals surface area contributed by atoms with Crippen LogP contribution < -0.4 is 5.32 Å². The van der Waals surface area contributed by atoms with Gasteiger partial charge in [-0.2, -0.15) is 0 Å². The number of aliphatic carboxylic acids is 1. The van der Waals surface area contributed by atoms with E-state index in [1.165, 1.54) is 0 Å². The lowest BCUT2D eigenvalue weighted by Crippen LogP contribution is -2.46. The number of fused-ring (bicyclic) bond motifs is 5. The molecule has 0 radical (unpaired) electrons. The number of carboxylic acid groups (broad SMARTS) is 1. The van der Waals surface area contributed by atoms with E-state index in [1.54, 1.807) is 0 Å². The Bertz CT molecular complexity index is 457. The van der Waals surface area contributed by atoms with Crippen molar-refractivity contribution in [1.82, 2.24) is 10.2 Å². The first kappa shape index (κ1) is 14.3. The second kappa shape index (κ2) is 5.41. The standard InChI is InChI=1S/C16H24N2O4/c19-15(20)9-1-3-10(4-2-9)17-16(21)18-7-11-12(8-18)14-6-5-13(11)22-14/h9-14H,1-8H2,(H,17,21)(H,19,20). The molecule has 4 rings (SSSR count). The van der Waals surface area contributed by atoms with E-state index < -0.39 is 5.97 Å². The van der Waals surface area contributed by atoms with Crippen molar-refractivity contribution < 1.29 is 19.4 Å². The fraction of sp³-hybridized carbons (Fsp3) is 0.875. The lowest BCUT2D eigenvalue weighted by Gasteiger charge is -2.29. The first-order chi connectivity index (χ1) is 10.6. The van der Waals surface area contributed by atoms with E-state index in [9.17, 15) is 9.59 Å². The molecule has 122 valence electrons. The molecule has 3 heterocycles. The Morgan fingerprint density at radius 2 is 1.55 bits per heavy atom. The quantitative estimate of drug-likeness (QED) is 0.809. The van der Waals surface area contributed by atoms with Crippen LogP contribution in [-0.2, 0) is 9.53 Å². The molecule has 0 aromatic rings. The van der Waals surface area contributed by atoms with Crippen LogP contribution in [0.3, 0.4) is 0 Å². The lowest BCUT2D eigenvalue weighted by molar-refractivity contribution is -0.142. The van der Waals surface area contributed by atoms with Crippen LogP contribution in [0, 0.1) is 17.8 Å². The lowest BCUT2D eigenvalue weighted by atomic mass is 9.82. The number of hydrogen-bond donors (Lipinski definition) is 2. The summed E-state index contributed by atoms with van der Waals surface area (Å²) in [5, 5.41) is 12.1. The van der Waals surface area contributed by atoms with Crippen LogP contribution in [0.25, 0.3) is 0 Å². The van der Waals surface area contributed by atoms with E-state index in [-0.39, 0.29) is 18.0 Å². The van der Waals surface area contributed by atoms with Gasteiger partial charge in [0.25, 0.3) is 0 Å². The van der Waals surface area contributed by atoms with Gasteiger partial charge in [0.2, 0.25) is 0 Å². The third-order valence-corrected chi connectivity index (χ3v) is 6.14. The van der Waals surface area contributed by atoms with Gasteiger partial charge in [-0.3, -0.25) is 4.79 Å². The van der Waals surface area contributed by atoms with Gasteiger partial charge in [-0.25, -0.2) is 4.79 Å². The third kappa shape index (κ3) is 2.37. The van der Waals surface area contributed by atoms with Crippen molar-refractivity contribution in [3.8, 4) is 0 Å². The largest absolute Gasteiger partial charge is 0.481 e. The molecule has 4 unspecified atom stereocenters. The highest BCUT2D eigenvalue weighted by Crippen LogP contribution is 2.47. The zero-order valence-electron chi connectivity index (χ0n) is 12.7. The minimum atomic E-state index is -0.701. The summed E-state index contributed by atoms with van der Waals surface area (Å²) in [7, 11) is 0. The van der Waals surface area contributed by atoms with Crippen LogP contribution in [0.15, 0.2) is 0 Å². The molecule has 0 aromatic carbocycles. The van der Waals surface area contributed by atoms with Gasteiger partial charge >= 0.3 is 12.0 Å². The van der Waals surface area contributed by atoms with Crippen LogP contribution in [0.4, 0.5) is 4.79 Å². The minimum absolute atomic E-state index is 0.0348. The smallest absolute Gasteiger partial charge is 0.317 e. The number of amides is 2. The first-order valence-corrected chi connectivity index (χ1v) is 8.55. The topological polar surface area (TPSA) is 78.9 Å². The van der Waals surface area contributed by atoms with Gasteiger partial charge in [-0.05, 0) is 38.5 Å². The van der Waals surface area contributed by atoms with Gasteiger partial charge < -0.3 is 20.1 Å². The number of rotatable bonds is 2. The van der Waals surface area contributed by atoms with Crippen molar-refractivity contribution in [3.05, 3.63) is 0 Å². The van der Waals surface area contributed by atoms with Crippen molar-refractivity contribution in [2.24, 2.45) is 17.8 Å². The molecule has 2 bridgehead atoms. The van der Waals surface area contributed by atoms with Gasteiger partial charge in [-0.1, -0.05) is 0 Å². The maximum Gasteiger partial charge on any atom is 0.317 e. The number of carbonyl (C=O) groups excluding carboxylic acids is 1.